The van der Waals surface area contributed by atoms with Crippen molar-refractivity contribution in [3.63, 3.8) is 0 Å². The number of ether oxygens (including phenoxy) is 1. The van der Waals surface area contributed by atoms with Gasteiger partial charge in [0.2, 0.25) is 0 Å². The molecule has 0 aromatic heterocycles. The number of benzene rings is 3. The average molecular weight is 388 g/mol. The minimum absolute atomic E-state index is 0.247. The molecule has 0 unspecified atom stereocenters. The van der Waals surface area contributed by atoms with Crippen LogP contribution in [0, 0.1) is 6.92 Å². The molecule has 0 aliphatic heterocycles. The van der Waals surface area contributed by atoms with Gasteiger partial charge in [-0.25, -0.2) is 4.79 Å². The highest BCUT2D eigenvalue weighted by atomic mass is 16.5. The van der Waals surface area contributed by atoms with Crippen LogP contribution >= 0.6 is 0 Å². The van der Waals surface area contributed by atoms with Crippen LogP contribution in [0.3, 0.4) is 0 Å². The molecule has 6 heteroatoms. The SMILES string of the molecule is COC(=O)c1ccccc1NC(=O)c1cccc(C(=O)Nc2ccccc2C)c1. The number of amides is 2. The molecule has 3 rings (SSSR count). The highest BCUT2D eigenvalue weighted by molar-refractivity contribution is 6.10. The largest absolute Gasteiger partial charge is 0.465 e. The number of rotatable bonds is 5. The molecular formula is C23H20N2O4. The van der Waals surface area contributed by atoms with Crippen molar-refractivity contribution in [3.8, 4) is 0 Å². The van der Waals surface area contributed by atoms with Gasteiger partial charge in [0.15, 0.2) is 0 Å². The monoisotopic (exact) mass is 388 g/mol. The number of carbonyl (C=O) groups excluding carboxylic acids is 3. The van der Waals surface area contributed by atoms with E-state index in [2.05, 4.69) is 10.6 Å². The van der Waals surface area contributed by atoms with Crippen LogP contribution in [0.25, 0.3) is 0 Å². The zero-order chi connectivity index (χ0) is 20.8. The molecule has 0 bridgehead atoms. The van der Waals surface area contributed by atoms with Crippen molar-refractivity contribution >= 4 is 29.2 Å². The number of para-hydroxylation sites is 2. The Kier molecular flexibility index (Phi) is 6.04. The third-order valence-corrected chi connectivity index (χ3v) is 4.36. The van der Waals surface area contributed by atoms with Gasteiger partial charge in [0.1, 0.15) is 0 Å². The van der Waals surface area contributed by atoms with Gasteiger partial charge >= 0.3 is 5.97 Å². The summed E-state index contributed by atoms with van der Waals surface area (Å²) >= 11 is 0. The van der Waals surface area contributed by atoms with E-state index in [1.165, 1.54) is 13.2 Å². The first kappa shape index (κ1) is 19.8. The summed E-state index contributed by atoms with van der Waals surface area (Å²) in [6.07, 6.45) is 0. The molecule has 6 nitrogen and oxygen atoms in total. The van der Waals surface area contributed by atoms with Gasteiger partial charge in [0.05, 0.1) is 18.4 Å². The molecule has 3 aromatic rings. The summed E-state index contributed by atoms with van der Waals surface area (Å²) in [4.78, 5) is 37.1. The van der Waals surface area contributed by atoms with Crippen LogP contribution in [-0.4, -0.2) is 24.9 Å². The van der Waals surface area contributed by atoms with Crippen LogP contribution in [0.15, 0.2) is 72.8 Å². The summed E-state index contributed by atoms with van der Waals surface area (Å²) in [6.45, 7) is 1.90. The Bertz CT molecular complexity index is 1080. The van der Waals surface area contributed by atoms with Crippen molar-refractivity contribution in [2.24, 2.45) is 0 Å². The lowest BCUT2D eigenvalue weighted by molar-refractivity contribution is 0.0601. The van der Waals surface area contributed by atoms with Crippen molar-refractivity contribution in [2.75, 3.05) is 17.7 Å². The van der Waals surface area contributed by atoms with Crippen molar-refractivity contribution in [2.45, 2.75) is 6.92 Å². The molecular weight excluding hydrogens is 368 g/mol. The lowest BCUT2D eigenvalue weighted by Gasteiger charge is -2.11. The van der Waals surface area contributed by atoms with E-state index in [9.17, 15) is 14.4 Å². The highest BCUT2D eigenvalue weighted by Gasteiger charge is 2.16. The molecule has 2 N–H and O–H groups in total. The van der Waals surface area contributed by atoms with E-state index in [1.54, 1.807) is 42.5 Å². The number of carbonyl (C=O) groups is 3. The van der Waals surface area contributed by atoms with E-state index >= 15 is 0 Å². The van der Waals surface area contributed by atoms with E-state index in [4.69, 9.17) is 4.74 Å². The Morgan fingerprint density at radius 1 is 0.724 bits per heavy atom. The van der Waals surface area contributed by atoms with Crippen LogP contribution < -0.4 is 10.6 Å². The van der Waals surface area contributed by atoms with Crippen molar-refractivity contribution in [1.82, 2.24) is 0 Å². The number of methoxy groups -OCH3 is 1. The summed E-state index contributed by atoms with van der Waals surface area (Å²) in [5.41, 5.74) is 2.87. The van der Waals surface area contributed by atoms with Gasteiger partial charge in [0, 0.05) is 16.8 Å². The first-order valence-electron chi connectivity index (χ1n) is 8.95. The number of nitrogens with one attached hydrogen (secondary N) is 2. The Balaban J connectivity index is 1.79. The van der Waals surface area contributed by atoms with Gasteiger partial charge in [0.25, 0.3) is 11.8 Å². The van der Waals surface area contributed by atoms with Crippen LogP contribution in [-0.2, 0) is 4.74 Å². The van der Waals surface area contributed by atoms with Crippen LogP contribution in [0.1, 0.15) is 36.6 Å². The average Bonchev–Trinajstić information content (AvgIpc) is 2.75. The van der Waals surface area contributed by atoms with Crippen molar-refractivity contribution in [3.05, 3.63) is 95.1 Å². The van der Waals surface area contributed by atoms with E-state index in [1.807, 2.05) is 31.2 Å². The maximum absolute atomic E-state index is 12.7. The van der Waals surface area contributed by atoms with E-state index in [0.717, 1.165) is 5.56 Å². The predicted octanol–water partition coefficient (Wildman–Crippen LogP) is 4.29. The number of esters is 1. The highest BCUT2D eigenvalue weighted by Crippen LogP contribution is 2.19. The van der Waals surface area contributed by atoms with Gasteiger partial charge in [-0.15, -0.1) is 0 Å². The van der Waals surface area contributed by atoms with Crippen LogP contribution in [0.5, 0.6) is 0 Å². The second kappa shape index (κ2) is 8.84. The number of anilines is 2. The number of hydrogen-bond donors (Lipinski definition) is 2. The van der Waals surface area contributed by atoms with Crippen LogP contribution in [0.2, 0.25) is 0 Å². The number of hydrogen-bond acceptors (Lipinski definition) is 4. The van der Waals surface area contributed by atoms with E-state index in [-0.39, 0.29) is 11.5 Å². The Morgan fingerprint density at radius 3 is 1.90 bits per heavy atom. The molecule has 146 valence electrons. The van der Waals surface area contributed by atoms with Crippen LogP contribution in [0.4, 0.5) is 11.4 Å². The molecule has 0 spiro atoms. The molecule has 0 aliphatic carbocycles. The fourth-order valence-electron chi connectivity index (χ4n) is 2.78. The molecule has 0 atom stereocenters. The molecule has 3 aromatic carbocycles. The third kappa shape index (κ3) is 4.68. The lowest BCUT2D eigenvalue weighted by atomic mass is 10.1. The summed E-state index contributed by atoms with van der Waals surface area (Å²) in [6, 6.07) is 20.4. The molecule has 0 aliphatic rings. The molecule has 0 saturated heterocycles. The van der Waals surface area contributed by atoms with Gasteiger partial charge in [-0.3, -0.25) is 9.59 Å². The Hall–Kier alpha value is -3.93. The first-order chi connectivity index (χ1) is 14.0. The second-order valence-corrected chi connectivity index (χ2v) is 6.34. The normalized spacial score (nSPS) is 10.1. The molecule has 0 heterocycles. The molecule has 0 saturated carbocycles. The van der Waals surface area contributed by atoms with Gasteiger partial charge in [-0.2, -0.15) is 0 Å². The first-order valence-corrected chi connectivity index (χ1v) is 8.95. The fraction of sp³-hybridized carbons (Fsp3) is 0.0870. The summed E-state index contributed by atoms with van der Waals surface area (Å²) in [5.74, 6) is -1.30. The number of aryl methyl sites for hydroxylation is 1. The molecule has 0 fully saturated rings. The zero-order valence-electron chi connectivity index (χ0n) is 16.1. The maximum atomic E-state index is 12.7. The van der Waals surface area contributed by atoms with Crippen molar-refractivity contribution < 1.29 is 19.1 Å². The summed E-state index contributed by atoms with van der Waals surface area (Å²) in [5, 5.41) is 5.54. The maximum Gasteiger partial charge on any atom is 0.339 e. The Morgan fingerprint density at radius 2 is 1.28 bits per heavy atom. The van der Waals surface area contributed by atoms with E-state index in [0.29, 0.717) is 22.5 Å². The van der Waals surface area contributed by atoms with Crippen molar-refractivity contribution in [1.29, 1.82) is 0 Å². The topological polar surface area (TPSA) is 84.5 Å². The summed E-state index contributed by atoms with van der Waals surface area (Å²) < 4.78 is 4.74. The van der Waals surface area contributed by atoms with Gasteiger partial charge in [-0.05, 0) is 48.9 Å². The van der Waals surface area contributed by atoms with Gasteiger partial charge in [-0.1, -0.05) is 36.4 Å². The summed E-state index contributed by atoms with van der Waals surface area (Å²) in [7, 11) is 1.28. The standard InChI is InChI=1S/C23H20N2O4/c1-15-8-3-5-12-19(15)24-21(26)16-9-7-10-17(14-16)22(27)25-20-13-6-4-11-18(20)23(28)29-2/h3-14H,1-2H3,(H,24,26)(H,25,27). The minimum atomic E-state index is -0.549. The zero-order valence-corrected chi connectivity index (χ0v) is 16.1. The molecule has 29 heavy (non-hydrogen) atoms. The van der Waals surface area contributed by atoms with Gasteiger partial charge < -0.3 is 15.4 Å². The predicted molar refractivity (Wildman–Crippen MR) is 111 cm³/mol. The lowest BCUT2D eigenvalue weighted by Crippen LogP contribution is -2.17. The minimum Gasteiger partial charge on any atom is -0.465 e. The molecule has 0 radical (unpaired) electrons. The smallest absolute Gasteiger partial charge is 0.339 e. The second-order valence-electron chi connectivity index (χ2n) is 6.34. The fourth-order valence-corrected chi connectivity index (χ4v) is 2.78. The quantitative estimate of drug-likeness (QED) is 0.639. The molecule has 2 amide bonds. The Labute approximate surface area is 168 Å². The third-order valence-electron chi connectivity index (χ3n) is 4.36. The van der Waals surface area contributed by atoms with E-state index < -0.39 is 11.9 Å².